The molecule has 1 aromatic heterocycles. The predicted molar refractivity (Wildman–Crippen MR) is 122 cm³/mol. The summed E-state index contributed by atoms with van der Waals surface area (Å²) in [5.74, 6) is 0.461. The van der Waals surface area contributed by atoms with Gasteiger partial charge in [0, 0.05) is 23.9 Å². The number of hydrogen-bond donors (Lipinski definition) is 0. The number of imidazole rings is 1. The Kier molecular flexibility index (Phi) is 8.19. The van der Waals surface area contributed by atoms with Crippen molar-refractivity contribution < 1.29 is 14.3 Å². The van der Waals surface area contributed by atoms with E-state index in [1.807, 2.05) is 44.2 Å². The molecule has 0 radical (unpaired) electrons. The molecular weight excluding hydrogens is 420 g/mol. The van der Waals surface area contributed by atoms with Crippen LogP contribution in [0.4, 0.5) is 0 Å². The summed E-state index contributed by atoms with van der Waals surface area (Å²) in [6, 6.07) is 13.4. The van der Waals surface area contributed by atoms with Gasteiger partial charge in [-0.15, -0.1) is 0 Å². The molecule has 0 fully saturated rings. The van der Waals surface area contributed by atoms with E-state index in [-0.39, 0.29) is 12.1 Å². The summed E-state index contributed by atoms with van der Waals surface area (Å²) in [5, 5.41) is 1.65. The number of carbonyl (C=O) groups is 1. The Labute approximate surface area is 186 Å². The Balaban J connectivity index is 1.84. The third-order valence-electron chi connectivity index (χ3n) is 4.48. The van der Waals surface area contributed by atoms with E-state index in [1.165, 1.54) is 5.56 Å². The number of ether oxygens (including phenoxy) is 2. The quantitative estimate of drug-likeness (QED) is 0.218. The molecule has 0 spiro atoms. The van der Waals surface area contributed by atoms with Gasteiger partial charge < -0.3 is 14.0 Å². The van der Waals surface area contributed by atoms with Gasteiger partial charge in [0.25, 0.3) is 0 Å². The van der Waals surface area contributed by atoms with E-state index >= 15 is 0 Å². The second-order valence-electron chi connectivity index (χ2n) is 7.16. The first-order chi connectivity index (χ1) is 14.5. The van der Waals surface area contributed by atoms with E-state index in [9.17, 15) is 4.79 Å². The molecule has 1 heterocycles. The zero-order valence-electron chi connectivity index (χ0n) is 17.6. The molecule has 0 saturated heterocycles. The average molecular weight is 447 g/mol. The number of halogens is 1. The highest BCUT2D eigenvalue weighted by Crippen LogP contribution is 2.28. The van der Waals surface area contributed by atoms with E-state index in [4.69, 9.17) is 26.1 Å². The topological polar surface area (TPSA) is 53.3 Å². The number of aromatic nitrogens is 2. The molecule has 3 rings (SSSR count). The first-order valence-corrected chi connectivity index (χ1v) is 11.5. The minimum atomic E-state index is -0.324. The first kappa shape index (κ1) is 22.7. The number of rotatable bonds is 10. The van der Waals surface area contributed by atoms with Crippen molar-refractivity contribution in [3.63, 3.8) is 0 Å². The molecule has 7 heteroatoms. The zero-order valence-corrected chi connectivity index (χ0v) is 19.1. The molecule has 5 nitrogen and oxygen atoms in total. The van der Waals surface area contributed by atoms with Crippen LogP contribution in [0.2, 0.25) is 5.02 Å². The lowest BCUT2D eigenvalue weighted by molar-refractivity contribution is 0.0526. The third kappa shape index (κ3) is 6.00. The number of fused-ring (bicyclic) bond motifs is 1. The van der Waals surface area contributed by atoms with Gasteiger partial charge in [0.2, 0.25) is 0 Å². The van der Waals surface area contributed by atoms with Gasteiger partial charge in [0.05, 0.1) is 29.3 Å². The number of hydrogen-bond acceptors (Lipinski definition) is 5. The zero-order chi connectivity index (χ0) is 21.5. The number of aryl methyl sites for hydroxylation is 1. The van der Waals surface area contributed by atoms with Crippen molar-refractivity contribution in [3.05, 3.63) is 58.6 Å². The lowest BCUT2D eigenvalue weighted by Crippen LogP contribution is -2.08. The molecule has 160 valence electrons. The van der Waals surface area contributed by atoms with Crippen LogP contribution in [0.1, 0.15) is 43.1 Å². The molecular formula is C23H27ClN2O3S. The van der Waals surface area contributed by atoms with Crippen LogP contribution in [0.5, 0.6) is 0 Å². The van der Waals surface area contributed by atoms with Crippen molar-refractivity contribution in [1.82, 2.24) is 9.55 Å². The van der Waals surface area contributed by atoms with E-state index in [1.54, 1.807) is 30.8 Å². The Hall–Kier alpha value is -2.02. The van der Waals surface area contributed by atoms with Crippen LogP contribution in [0.3, 0.4) is 0 Å². The molecule has 0 aliphatic rings. The van der Waals surface area contributed by atoms with Crippen LogP contribution in [0.25, 0.3) is 11.0 Å². The lowest BCUT2D eigenvalue weighted by atomic mass is 10.2. The number of thioether (sulfide) groups is 1. The molecule has 3 aromatic rings. The lowest BCUT2D eigenvalue weighted by Gasteiger charge is -2.11. The molecule has 0 amide bonds. The third-order valence-corrected chi connectivity index (χ3v) is 5.78. The number of carbonyl (C=O) groups excluding carboxylic acids is 1. The maximum absolute atomic E-state index is 12.1. The first-order valence-electron chi connectivity index (χ1n) is 10.1. The normalized spacial score (nSPS) is 11.4. The van der Waals surface area contributed by atoms with E-state index in [0.29, 0.717) is 18.8 Å². The fraction of sp³-hybridized carbons (Fsp3) is 0.391. The molecule has 0 unspecified atom stereocenters. The van der Waals surface area contributed by atoms with Crippen molar-refractivity contribution in [2.45, 2.75) is 50.8 Å². The molecule has 0 atom stereocenters. The number of nitrogens with zero attached hydrogens (tertiary/aromatic N) is 2. The molecule has 2 aromatic carbocycles. The minimum Gasteiger partial charge on any atom is -0.462 e. The Bertz CT molecular complexity index is 986. The van der Waals surface area contributed by atoms with E-state index in [2.05, 4.69) is 4.57 Å². The van der Waals surface area contributed by atoms with Crippen molar-refractivity contribution in [2.75, 3.05) is 13.2 Å². The van der Waals surface area contributed by atoms with Gasteiger partial charge in [0.15, 0.2) is 5.16 Å². The molecule has 0 aliphatic heterocycles. The monoisotopic (exact) mass is 446 g/mol. The van der Waals surface area contributed by atoms with Crippen LogP contribution < -0.4 is 0 Å². The highest BCUT2D eigenvalue weighted by molar-refractivity contribution is 7.98. The second-order valence-corrected chi connectivity index (χ2v) is 8.54. The Morgan fingerprint density at radius 3 is 2.67 bits per heavy atom. The SMILES string of the molecule is CCOC(=O)c1ccc2c(c1)nc(SCc1ccc(Cl)cc1)n2CCCOC(C)C. The van der Waals surface area contributed by atoms with E-state index < -0.39 is 0 Å². The van der Waals surface area contributed by atoms with Gasteiger partial charge in [-0.25, -0.2) is 9.78 Å². The Morgan fingerprint density at radius 1 is 1.20 bits per heavy atom. The standard InChI is InChI=1S/C23H27ClN2O3S/c1-4-28-22(27)18-8-11-21-20(14-18)25-23(26(21)12-5-13-29-16(2)3)30-15-17-6-9-19(24)10-7-17/h6-11,14,16H,4-5,12-13,15H2,1-3H3. The second kappa shape index (κ2) is 10.8. The number of benzene rings is 2. The summed E-state index contributed by atoms with van der Waals surface area (Å²) in [7, 11) is 0. The highest BCUT2D eigenvalue weighted by atomic mass is 35.5. The minimum absolute atomic E-state index is 0.218. The maximum Gasteiger partial charge on any atom is 0.338 e. The summed E-state index contributed by atoms with van der Waals surface area (Å²) < 4.78 is 13.0. The van der Waals surface area contributed by atoms with Crippen LogP contribution in [-0.2, 0) is 21.8 Å². The molecule has 0 bridgehead atoms. The summed E-state index contributed by atoms with van der Waals surface area (Å²) in [5.41, 5.74) is 3.50. The summed E-state index contributed by atoms with van der Waals surface area (Å²) >= 11 is 7.66. The largest absolute Gasteiger partial charge is 0.462 e. The van der Waals surface area contributed by atoms with Gasteiger partial charge >= 0.3 is 5.97 Å². The van der Waals surface area contributed by atoms with Crippen molar-refractivity contribution in [2.24, 2.45) is 0 Å². The Morgan fingerprint density at radius 2 is 1.97 bits per heavy atom. The molecule has 0 N–H and O–H groups in total. The summed E-state index contributed by atoms with van der Waals surface area (Å²) in [6.45, 7) is 7.72. The van der Waals surface area contributed by atoms with E-state index in [0.717, 1.165) is 39.9 Å². The van der Waals surface area contributed by atoms with Gasteiger partial charge in [0.1, 0.15) is 0 Å². The molecule has 30 heavy (non-hydrogen) atoms. The summed E-state index contributed by atoms with van der Waals surface area (Å²) in [4.78, 5) is 16.9. The maximum atomic E-state index is 12.1. The van der Waals surface area contributed by atoms with Gasteiger partial charge in [-0.1, -0.05) is 35.5 Å². The van der Waals surface area contributed by atoms with Crippen LogP contribution in [0.15, 0.2) is 47.6 Å². The molecule has 0 aliphatic carbocycles. The summed E-state index contributed by atoms with van der Waals surface area (Å²) in [6.07, 6.45) is 1.10. The smallest absolute Gasteiger partial charge is 0.338 e. The fourth-order valence-corrected chi connectivity index (χ4v) is 4.17. The predicted octanol–water partition coefficient (Wildman–Crippen LogP) is 5.97. The van der Waals surface area contributed by atoms with Crippen LogP contribution in [-0.4, -0.2) is 34.8 Å². The van der Waals surface area contributed by atoms with Gasteiger partial charge in [-0.2, -0.15) is 0 Å². The van der Waals surface area contributed by atoms with Gasteiger partial charge in [-0.3, -0.25) is 0 Å². The van der Waals surface area contributed by atoms with Crippen molar-refractivity contribution >= 4 is 40.4 Å². The van der Waals surface area contributed by atoms with Crippen LogP contribution >= 0.6 is 23.4 Å². The molecule has 0 saturated carbocycles. The van der Waals surface area contributed by atoms with Crippen molar-refractivity contribution in [1.29, 1.82) is 0 Å². The van der Waals surface area contributed by atoms with Gasteiger partial charge in [-0.05, 0) is 63.1 Å². The van der Waals surface area contributed by atoms with Crippen LogP contribution in [0, 0.1) is 0 Å². The fourth-order valence-electron chi connectivity index (χ4n) is 3.05. The van der Waals surface area contributed by atoms with Crippen molar-refractivity contribution in [3.8, 4) is 0 Å². The average Bonchev–Trinajstić information content (AvgIpc) is 3.07. The highest BCUT2D eigenvalue weighted by Gasteiger charge is 2.15. The number of esters is 1.